The molecular weight excluding hydrogens is 544 g/mol. The number of sulfonamides is 1. The highest BCUT2D eigenvalue weighted by molar-refractivity contribution is 7.89. The molecule has 40 heavy (non-hydrogen) atoms. The summed E-state index contributed by atoms with van der Waals surface area (Å²) in [7, 11) is -2.31. The predicted octanol–water partition coefficient (Wildman–Crippen LogP) is 2.23. The number of nitrogens with zero attached hydrogens (tertiary/aromatic N) is 4. The maximum atomic E-state index is 13.8. The second kappa shape index (κ2) is 9.94. The molecule has 2 aromatic carbocycles. The number of amides is 2. The number of nitrogens with two attached hydrogens (primary N) is 1. The summed E-state index contributed by atoms with van der Waals surface area (Å²) in [4.78, 5) is 29.4. The molecule has 0 atom stereocenters. The van der Waals surface area contributed by atoms with Crippen molar-refractivity contribution in [1.82, 2.24) is 19.4 Å². The first kappa shape index (κ1) is 27.7. The standard InChI is InChI=1S/C26H29F2N7O4S/c1-26(2)22-21(14-35(26)40(38,39)18-11-15(27)10-16(28)12-18)24(32-31-22)30-25(37)19-5-4-17(13-20(19)23(29)36)34-8-6-33(3)7-9-34/h4-5,10-13H,6-9,14H2,1-3H3,(H2,29,36)(H2,30,31,32,37). The third-order valence-electron chi connectivity index (χ3n) is 7.44. The van der Waals surface area contributed by atoms with Gasteiger partial charge < -0.3 is 20.9 Å². The molecule has 0 bridgehead atoms. The first-order valence-corrected chi connectivity index (χ1v) is 14.0. The average Bonchev–Trinajstić information content (AvgIpc) is 3.41. The number of piperazine rings is 1. The number of hydrogen-bond donors (Lipinski definition) is 3. The van der Waals surface area contributed by atoms with Gasteiger partial charge in [0.2, 0.25) is 15.9 Å². The molecule has 4 N–H and O–H groups in total. The SMILES string of the molecule is CN1CCN(c2ccc(C(=O)Nc3n[nH]c4c3CN(S(=O)(=O)c3cc(F)cc(F)c3)C4(C)C)c(C(N)=O)c2)CC1. The van der Waals surface area contributed by atoms with Gasteiger partial charge in [-0.3, -0.25) is 14.7 Å². The highest BCUT2D eigenvalue weighted by atomic mass is 32.2. The number of fused-ring (bicyclic) bond motifs is 1. The molecule has 0 spiro atoms. The van der Waals surface area contributed by atoms with Crippen LogP contribution in [0.15, 0.2) is 41.3 Å². The molecule has 14 heteroatoms. The van der Waals surface area contributed by atoms with Crippen LogP contribution in [0.4, 0.5) is 20.3 Å². The second-order valence-corrected chi connectivity index (χ2v) is 12.3. The molecule has 11 nitrogen and oxygen atoms in total. The molecule has 2 aliphatic rings. The van der Waals surface area contributed by atoms with E-state index in [1.54, 1.807) is 26.0 Å². The molecule has 1 aromatic heterocycles. The van der Waals surface area contributed by atoms with Crippen LogP contribution < -0.4 is 16.0 Å². The van der Waals surface area contributed by atoms with Crippen LogP contribution in [-0.2, 0) is 22.1 Å². The number of H-pyrrole nitrogens is 1. The Balaban J connectivity index is 1.41. The third-order valence-corrected chi connectivity index (χ3v) is 9.44. The van der Waals surface area contributed by atoms with Gasteiger partial charge in [-0.1, -0.05) is 0 Å². The quantitative estimate of drug-likeness (QED) is 0.410. The number of rotatable bonds is 6. The molecule has 1 fully saturated rings. The summed E-state index contributed by atoms with van der Waals surface area (Å²) in [5.41, 5.74) is 6.08. The maximum Gasteiger partial charge on any atom is 0.257 e. The van der Waals surface area contributed by atoms with Gasteiger partial charge in [0.1, 0.15) is 11.6 Å². The van der Waals surface area contributed by atoms with Gasteiger partial charge in [-0.2, -0.15) is 9.40 Å². The van der Waals surface area contributed by atoms with Gasteiger partial charge in [0.05, 0.1) is 27.3 Å². The Morgan fingerprint density at radius 2 is 1.68 bits per heavy atom. The minimum atomic E-state index is -4.34. The summed E-state index contributed by atoms with van der Waals surface area (Å²) in [5, 5.41) is 9.60. The van der Waals surface area contributed by atoms with Crippen LogP contribution in [0.1, 0.15) is 45.8 Å². The first-order valence-electron chi connectivity index (χ1n) is 12.5. The number of nitrogens with one attached hydrogen (secondary N) is 2. The summed E-state index contributed by atoms with van der Waals surface area (Å²) in [6.07, 6.45) is 0. The van der Waals surface area contributed by atoms with Crippen LogP contribution >= 0.6 is 0 Å². The molecule has 3 heterocycles. The van der Waals surface area contributed by atoms with Crippen LogP contribution in [0.2, 0.25) is 0 Å². The lowest BCUT2D eigenvalue weighted by atomic mass is 10.0. The fourth-order valence-corrected chi connectivity index (χ4v) is 6.92. The molecular formula is C26H29F2N7O4S. The fourth-order valence-electron chi connectivity index (χ4n) is 5.15. The lowest BCUT2D eigenvalue weighted by Crippen LogP contribution is -2.44. The topological polar surface area (TPSA) is 145 Å². The number of halogens is 2. The van der Waals surface area contributed by atoms with E-state index < -0.39 is 43.9 Å². The van der Waals surface area contributed by atoms with Crippen molar-refractivity contribution in [1.29, 1.82) is 0 Å². The van der Waals surface area contributed by atoms with Crippen molar-refractivity contribution in [2.45, 2.75) is 30.8 Å². The Labute approximate surface area is 230 Å². The van der Waals surface area contributed by atoms with Crippen molar-refractivity contribution >= 4 is 33.3 Å². The normalized spacial score (nSPS) is 17.6. The highest BCUT2D eigenvalue weighted by Gasteiger charge is 2.48. The van der Waals surface area contributed by atoms with Crippen LogP contribution in [-0.4, -0.2) is 72.9 Å². The smallest absolute Gasteiger partial charge is 0.257 e. The molecule has 0 aliphatic carbocycles. The number of carbonyl (C=O) groups is 2. The molecule has 5 rings (SSSR count). The molecule has 0 saturated carbocycles. The van der Waals surface area contributed by atoms with E-state index in [2.05, 4.69) is 25.3 Å². The molecule has 212 valence electrons. The molecule has 1 saturated heterocycles. The van der Waals surface area contributed by atoms with E-state index in [0.717, 1.165) is 48.3 Å². The van der Waals surface area contributed by atoms with E-state index in [9.17, 15) is 26.8 Å². The minimum absolute atomic E-state index is 0.0405. The van der Waals surface area contributed by atoms with E-state index in [0.29, 0.717) is 17.3 Å². The Morgan fingerprint density at radius 1 is 1.02 bits per heavy atom. The third kappa shape index (κ3) is 4.82. The van der Waals surface area contributed by atoms with Crippen LogP contribution in [0, 0.1) is 11.6 Å². The van der Waals surface area contributed by atoms with E-state index in [1.807, 2.05) is 7.05 Å². The Hall–Kier alpha value is -3.88. The molecule has 2 aliphatic heterocycles. The van der Waals surface area contributed by atoms with E-state index in [-0.39, 0.29) is 23.5 Å². The van der Waals surface area contributed by atoms with Crippen molar-refractivity contribution in [3.63, 3.8) is 0 Å². The summed E-state index contributed by atoms with van der Waals surface area (Å²) in [6, 6.07) is 6.95. The van der Waals surface area contributed by atoms with Crippen LogP contribution in [0.5, 0.6) is 0 Å². The second-order valence-electron chi connectivity index (χ2n) is 10.4. The Morgan fingerprint density at radius 3 is 2.30 bits per heavy atom. The van der Waals surface area contributed by atoms with Crippen molar-refractivity contribution in [2.24, 2.45) is 5.73 Å². The molecule has 2 amide bonds. The van der Waals surface area contributed by atoms with Gasteiger partial charge in [0.25, 0.3) is 5.91 Å². The number of aromatic nitrogens is 2. The van der Waals surface area contributed by atoms with Crippen molar-refractivity contribution < 1.29 is 26.8 Å². The largest absolute Gasteiger partial charge is 0.369 e. The predicted molar refractivity (Wildman–Crippen MR) is 143 cm³/mol. The van der Waals surface area contributed by atoms with Gasteiger partial charge in [0, 0.05) is 50.0 Å². The van der Waals surface area contributed by atoms with Crippen LogP contribution in [0.25, 0.3) is 0 Å². The number of aromatic amines is 1. The summed E-state index contributed by atoms with van der Waals surface area (Å²) >= 11 is 0. The number of benzene rings is 2. The minimum Gasteiger partial charge on any atom is -0.369 e. The van der Waals surface area contributed by atoms with Crippen molar-refractivity contribution in [3.05, 3.63) is 70.4 Å². The van der Waals surface area contributed by atoms with Crippen molar-refractivity contribution in [2.75, 3.05) is 43.4 Å². The molecule has 0 unspecified atom stereocenters. The van der Waals surface area contributed by atoms with Crippen molar-refractivity contribution in [3.8, 4) is 0 Å². The molecule has 3 aromatic rings. The summed E-state index contributed by atoms with van der Waals surface area (Å²) in [5.74, 6) is -3.40. The fraction of sp³-hybridized carbons (Fsp3) is 0.346. The Bertz CT molecular complexity index is 1590. The zero-order valence-corrected chi connectivity index (χ0v) is 23.0. The van der Waals surface area contributed by atoms with E-state index in [1.165, 1.54) is 6.07 Å². The van der Waals surface area contributed by atoms with Crippen LogP contribution in [0.3, 0.4) is 0 Å². The number of anilines is 2. The van der Waals surface area contributed by atoms with E-state index in [4.69, 9.17) is 5.73 Å². The maximum absolute atomic E-state index is 13.8. The van der Waals surface area contributed by atoms with Gasteiger partial charge in [-0.25, -0.2) is 17.2 Å². The number of primary amides is 1. The summed E-state index contributed by atoms with van der Waals surface area (Å²) in [6.45, 7) is 6.23. The van der Waals surface area contributed by atoms with Gasteiger partial charge in [-0.15, -0.1) is 0 Å². The zero-order valence-electron chi connectivity index (χ0n) is 22.2. The molecule has 0 radical (unpaired) electrons. The first-order chi connectivity index (χ1) is 18.8. The average molecular weight is 574 g/mol. The highest BCUT2D eigenvalue weighted by Crippen LogP contribution is 2.44. The number of hydrogen-bond acceptors (Lipinski definition) is 7. The van der Waals surface area contributed by atoms with Gasteiger partial charge >= 0.3 is 0 Å². The monoisotopic (exact) mass is 573 g/mol. The van der Waals surface area contributed by atoms with E-state index >= 15 is 0 Å². The Kier molecular flexibility index (Phi) is 6.88. The van der Waals surface area contributed by atoms with Gasteiger partial charge in [-0.05, 0) is 51.2 Å². The zero-order chi connectivity index (χ0) is 29.0. The number of carbonyl (C=O) groups excluding carboxylic acids is 2. The number of likely N-dealkylation sites (N-methyl/N-ethyl adjacent to an activating group) is 1. The van der Waals surface area contributed by atoms with Gasteiger partial charge in [0.15, 0.2) is 5.82 Å². The summed E-state index contributed by atoms with van der Waals surface area (Å²) < 4.78 is 55.5. The lowest BCUT2D eigenvalue weighted by Gasteiger charge is -2.34. The lowest BCUT2D eigenvalue weighted by molar-refractivity contribution is 0.0977.